The van der Waals surface area contributed by atoms with Crippen LogP contribution in [0.4, 0.5) is 16.3 Å². The van der Waals surface area contributed by atoms with Crippen LogP contribution < -0.4 is 14.5 Å². The van der Waals surface area contributed by atoms with Crippen molar-refractivity contribution in [3.8, 4) is 6.01 Å². The number of piperazine rings is 1. The fourth-order valence-corrected chi connectivity index (χ4v) is 6.30. The zero-order valence-electron chi connectivity index (χ0n) is 26.9. The Morgan fingerprint density at radius 2 is 1.71 bits per heavy atom. The Morgan fingerprint density at radius 3 is 2.49 bits per heavy atom. The molecule has 45 heavy (non-hydrogen) atoms. The predicted octanol–water partition coefficient (Wildman–Crippen LogP) is 5.68. The van der Waals surface area contributed by atoms with Crippen molar-refractivity contribution in [2.24, 2.45) is 0 Å². The minimum absolute atomic E-state index is 0.0579. The van der Waals surface area contributed by atoms with Gasteiger partial charge in [-0.3, -0.25) is 0 Å². The number of anilines is 2. The van der Waals surface area contributed by atoms with Gasteiger partial charge in [0.15, 0.2) is 0 Å². The Balaban J connectivity index is 1.22. The first-order valence-corrected chi connectivity index (χ1v) is 16.1. The first-order valence-electron chi connectivity index (χ1n) is 16.1. The molecule has 0 N–H and O–H groups in total. The van der Waals surface area contributed by atoms with E-state index < -0.39 is 0 Å². The number of ether oxygens (including phenoxy) is 2. The van der Waals surface area contributed by atoms with Gasteiger partial charge in [-0.25, -0.2) is 4.79 Å². The second-order valence-corrected chi connectivity index (χ2v) is 12.2. The molecule has 0 aliphatic carbocycles. The minimum atomic E-state index is -0.276. The van der Waals surface area contributed by atoms with E-state index in [0.29, 0.717) is 38.7 Å². The summed E-state index contributed by atoms with van der Waals surface area (Å²) in [5.74, 6) is 0.928. The molecule has 6 rings (SSSR count). The number of carbonyl (C=O) groups is 1. The molecule has 236 valence electrons. The highest BCUT2D eigenvalue weighted by molar-refractivity contribution is 5.95. The van der Waals surface area contributed by atoms with Crippen molar-refractivity contribution < 1.29 is 14.3 Å². The van der Waals surface area contributed by atoms with E-state index in [1.54, 1.807) is 4.90 Å². The highest BCUT2D eigenvalue weighted by atomic mass is 16.6. The standard InChI is InChI=1S/C36H44N6O3/c1-5-39(4)23-27(3)45-35-37-32-24-42(33-22-26(2)21-29-13-9-10-14-30(29)33)16-15-31(32)34(38-35)40-17-19-41(20-18-40)36(43)44-25-28-11-7-6-8-12-28/h6-14,21-22,27H,5,15-20,23-25H2,1-4H3/t27-/m1/s1. The predicted molar refractivity (Wildman–Crippen MR) is 179 cm³/mol. The lowest BCUT2D eigenvalue weighted by Gasteiger charge is -2.38. The number of aryl methyl sites for hydroxylation is 1. The van der Waals surface area contributed by atoms with E-state index in [4.69, 9.17) is 19.4 Å². The molecule has 9 heteroatoms. The molecule has 9 nitrogen and oxygen atoms in total. The van der Waals surface area contributed by atoms with Gasteiger partial charge in [-0.1, -0.05) is 67.6 Å². The van der Waals surface area contributed by atoms with E-state index in [1.807, 2.05) is 30.3 Å². The molecule has 1 aromatic heterocycles. The summed E-state index contributed by atoms with van der Waals surface area (Å²) in [4.78, 5) is 31.6. The number of nitrogens with zero attached hydrogens (tertiary/aromatic N) is 6. The Kier molecular flexibility index (Phi) is 9.35. The van der Waals surface area contributed by atoms with Crippen LogP contribution in [-0.4, -0.2) is 84.8 Å². The lowest BCUT2D eigenvalue weighted by molar-refractivity contribution is 0.0940. The molecule has 3 aromatic carbocycles. The van der Waals surface area contributed by atoms with Crippen LogP contribution in [0.5, 0.6) is 6.01 Å². The number of aromatic nitrogens is 2. The average molecular weight is 609 g/mol. The quantitative estimate of drug-likeness (QED) is 0.240. The number of amides is 1. The number of benzene rings is 3. The second kappa shape index (κ2) is 13.7. The first kappa shape index (κ1) is 30.6. The largest absolute Gasteiger partial charge is 0.459 e. The van der Waals surface area contributed by atoms with Gasteiger partial charge in [0.2, 0.25) is 0 Å². The molecule has 1 atom stereocenters. The van der Waals surface area contributed by atoms with Crippen molar-refractivity contribution in [2.45, 2.75) is 46.4 Å². The van der Waals surface area contributed by atoms with Crippen LogP contribution >= 0.6 is 0 Å². The second-order valence-electron chi connectivity index (χ2n) is 12.2. The number of rotatable bonds is 9. The van der Waals surface area contributed by atoms with Crippen LogP contribution in [0.1, 0.15) is 36.2 Å². The summed E-state index contributed by atoms with van der Waals surface area (Å²) in [6.07, 6.45) is 0.500. The molecule has 0 spiro atoms. The number of hydrogen-bond donors (Lipinski definition) is 0. The van der Waals surface area contributed by atoms with Crippen molar-refractivity contribution in [3.63, 3.8) is 0 Å². The summed E-state index contributed by atoms with van der Waals surface area (Å²) < 4.78 is 12.0. The van der Waals surface area contributed by atoms with Crippen LogP contribution in [0.25, 0.3) is 10.8 Å². The van der Waals surface area contributed by atoms with E-state index in [1.165, 1.54) is 27.6 Å². The topological polar surface area (TPSA) is 74.3 Å². The maximum atomic E-state index is 12.9. The summed E-state index contributed by atoms with van der Waals surface area (Å²) in [5.41, 5.74) is 5.65. The smallest absolute Gasteiger partial charge is 0.410 e. The molecule has 3 heterocycles. The summed E-state index contributed by atoms with van der Waals surface area (Å²) in [6.45, 7) is 12.4. The normalized spacial score (nSPS) is 15.7. The molecule has 2 aliphatic rings. The van der Waals surface area contributed by atoms with E-state index in [-0.39, 0.29) is 18.8 Å². The highest BCUT2D eigenvalue weighted by Crippen LogP contribution is 2.35. The van der Waals surface area contributed by atoms with E-state index in [2.05, 4.69) is 78.9 Å². The SMILES string of the molecule is CCN(C)C[C@@H](C)Oc1nc2c(c(N3CCN(C(=O)OCc4ccccc4)CC3)n1)CCN(c1cc(C)cc3ccccc13)C2. The Labute approximate surface area is 266 Å². The zero-order valence-corrected chi connectivity index (χ0v) is 26.9. The van der Waals surface area contributed by atoms with Crippen molar-refractivity contribution in [2.75, 3.05) is 62.7 Å². The zero-order chi connectivity index (χ0) is 31.3. The maximum absolute atomic E-state index is 12.9. The molecule has 1 fully saturated rings. The lowest BCUT2D eigenvalue weighted by atomic mass is 10.0. The van der Waals surface area contributed by atoms with Gasteiger partial charge in [0.25, 0.3) is 0 Å². The molecule has 0 radical (unpaired) electrons. The van der Waals surface area contributed by atoms with Gasteiger partial charge in [-0.15, -0.1) is 0 Å². The van der Waals surface area contributed by atoms with E-state index >= 15 is 0 Å². The van der Waals surface area contributed by atoms with Crippen LogP contribution in [0, 0.1) is 6.92 Å². The monoisotopic (exact) mass is 608 g/mol. The highest BCUT2D eigenvalue weighted by Gasteiger charge is 2.30. The van der Waals surface area contributed by atoms with Gasteiger partial charge in [0.05, 0.1) is 12.2 Å². The summed E-state index contributed by atoms with van der Waals surface area (Å²) in [7, 11) is 2.09. The van der Waals surface area contributed by atoms with Crippen molar-refractivity contribution in [1.29, 1.82) is 0 Å². The van der Waals surface area contributed by atoms with Crippen LogP contribution in [0.15, 0.2) is 66.7 Å². The third kappa shape index (κ3) is 7.14. The molecule has 1 amide bonds. The fourth-order valence-electron chi connectivity index (χ4n) is 6.30. The number of fused-ring (bicyclic) bond motifs is 2. The fraction of sp³-hybridized carbons (Fsp3) is 0.417. The average Bonchev–Trinajstić information content (AvgIpc) is 3.06. The molecule has 0 unspecified atom stereocenters. The van der Waals surface area contributed by atoms with Gasteiger partial charge in [0, 0.05) is 55.9 Å². The number of likely N-dealkylation sites (N-methyl/N-ethyl adjacent to an activating group) is 1. The third-order valence-electron chi connectivity index (χ3n) is 8.81. The summed E-state index contributed by atoms with van der Waals surface area (Å²) in [5, 5.41) is 2.50. The Bertz CT molecular complexity index is 1620. The summed E-state index contributed by atoms with van der Waals surface area (Å²) in [6, 6.07) is 23.3. The van der Waals surface area contributed by atoms with Crippen molar-refractivity contribution in [1.82, 2.24) is 19.8 Å². The number of hydrogen-bond acceptors (Lipinski definition) is 8. The van der Waals surface area contributed by atoms with Crippen LogP contribution in [0.2, 0.25) is 0 Å². The third-order valence-corrected chi connectivity index (χ3v) is 8.81. The van der Waals surface area contributed by atoms with Gasteiger partial charge in [-0.2, -0.15) is 9.97 Å². The Morgan fingerprint density at radius 1 is 0.956 bits per heavy atom. The molecular weight excluding hydrogens is 564 g/mol. The molecule has 0 bridgehead atoms. The molecule has 2 aliphatic heterocycles. The van der Waals surface area contributed by atoms with Gasteiger partial charge < -0.3 is 29.1 Å². The maximum Gasteiger partial charge on any atom is 0.410 e. The first-order chi connectivity index (χ1) is 21.9. The van der Waals surface area contributed by atoms with Crippen LogP contribution in [-0.2, 0) is 24.3 Å². The minimum Gasteiger partial charge on any atom is -0.459 e. The van der Waals surface area contributed by atoms with E-state index in [9.17, 15) is 4.79 Å². The molecule has 1 saturated heterocycles. The van der Waals surface area contributed by atoms with E-state index in [0.717, 1.165) is 43.1 Å². The van der Waals surface area contributed by atoms with Gasteiger partial charge >= 0.3 is 12.1 Å². The van der Waals surface area contributed by atoms with Crippen LogP contribution in [0.3, 0.4) is 0 Å². The van der Waals surface area contributed by atoms with Crippen molar-refractivity contribution in [3.05, 3.63) is 89.1 Å². The lowest BCUT2D eigenvalue weighted by Crippen LogP contribution is -2.49. The molecule has 0 saturated carbocycles. The van der Waals surface area contributed by atoms with Gasteiger partial charge in [0.1, 0.15) is 18.5 Å². The number of carbonyl (C=O) groups excluding carboxylic acids is 1. The molecule has 4 aromatic rings. The molecular formula is C36H44N6O3. The van der Waals surface area contributed by atoms with Gasteiger partial charge in [-0.05, 0) is 56.4 Å². The summed E-state index contributed by atoms with van der Waals surface area (Å²) >= 11 is 0. The van der Waals surface area contributed by atoms with Crippen molar-refractivity contribution >= 4 is 28.4 Å². The Hall–Kier alpha value is -4.37.